The van der Waals surface area contributed by atoms with Crippen molar-refractivity contribution in [3.05, 3.63) is 47.6 Å². The minimum atomic E-state index is 1.10. The zero-order chi connectivity index (χ0) is 10.8. The van der Waals surface area contributed by atoms with Crippen LogP contribution in [0.3, 0.4) is 0 Å². The number of hydrogen-bond acceptors (Lipinski definition) is 0. The lowest BCUT2D eigenvalue weighted by Crippen LogP contribution is -1.85. The molecule has 1 aliphatic carbocycles. The van der Waals surface area contributed by atoms with Gasteiger partial charge in [0.15, 0.2) is 0 Å². The average Bonchev–Trinajstić information content (AvgIpc) is 2.16. The third-order valence-corrected chi connectivity index (χ3v) is 1.68. The van der Waals surface area contributed by atoms with E-state index in [1.807, 2.05) is 6.92 Å². The highest BCUT2D eigenvalue weighted by molar-refractivity contribution is 5.35. The second kappa shape index (κ2) is 8.13. The van der Waals surface area contributed by atoms with Crippen LogP contribution in [0.4, 0.5) is 0 Å². The molecule has 0 aliphatic heterocycles. The van der Waals surface area contributed by atoms with Crippen LogP contribution in [0.25, 0.3) is 0 Å². The summed E-state index contributed by atoms with van der Waals surface area (Å²) < 4.78 is 0. The van der Waals surface area contributed by atoms with Crippen molar-refractivity contribution >= 4 is 0 Å². The Bertz CT molecular complexity index is 303. The smallest absolute Gasteiger partial charge is 0.00297 e. The molecule has 0 unspecified atom stereocenters. The van der Waals surface area contributed by atoms with E-state index >= 15 is 0 Å². The van der Waals surface area contributed by atoms with Gasteiger partial charge in [0.2, 0.25) is 0 Å². The molecule has 0 spiro atoms. The van der Waals surface area contributed by atoms with Crippen LogP contribution in [0.1, 0.15) is 27.2 Å². The highest BCUT2D eigenvalue weighted by Crippen LogP contribution is 2.16. The Balaban J connectivity index is 0.000000500. The quantitative estimate of drug-likeness (QED) is 0.542. The summed E-state index contributed by atoms with van der Waals surface area (Å²) >= 11 is 0. The predicted octanol–water partition coefficient (Wildman–Crippen LogP) is 4.03. The fourth-order valence-electron chi connectivity index (χ4n) is 1.11. The van der Waals surface area contributed by atoms with E-state index in [2.05, 4.69) is 55.7 Å². The minimum Gasteiger partial charge on any atom is -0.120 e. The molecular formula is C14H18. The first kappa shape index (κ1) is 12.5. The molecule has 0 bridgehead atoms. The summed E-state index contributed by atoms with van der Waals surface area (Å²) in [4.78, 5) is 0. The molecule has 0 aromatic heterocycles. The highest BCUT2D eigenvalue weighted by Gasteiger charge is 1.96. The number of terminal acetylenes is 1. The van der Waals surface area contributed by atoms with Crippen LogP contribution in [0.2, 0.25) is 0 Å². The normalized spacial score (nSPS) is 17.3. The van der Waals surface area contributed by atoms with E-state index in [0.29, 0.717) is 0 Å². The molecule has 0 amide bonds. The molecule has 0 saturated carbocycles. The Morgan fingerprint density at radius 2 is 2.14 bits per heavy atom. The summed E-state index contributed by atoms with van der Waals surface area (Å²) in [5.74, 6) is 2.25. The van der Waals surface area contributed by atoms with Crippen molar-refractivity contribution in [1.29, 1.82) is 0 Å². The first-order valence-electron chi connectivity index (χ1n) is 4.77. The minimum absolute atomic E-state index is 1.10. The van der Waals surface area contributed by atoms with E-state index in [-0.39, 0.29) is 0 Å². The van der Waals surface area contributed by atoms with Gasteiger partial charge in [0.05, 0.1) is 0 Å². The van der Waals surface area contributed by atoms with Gasteiger partial charge in [0.1, 0.15) is 0 Å². The summed E-state index contributed by atoms with van der Waals surface area (Å²) in [6.07, 6.45) is 18.4. The molecule has 0 heterocycles. The maximum absolute atomic E-state index is 4.60. The van der Waals surface area contributed by atoms with E-state index in [1.165, 1.54) is 11.1 Å². The second-order valence-electron chi connectivity index (χ2n) is 3.10. The number of allylic oxidation sites excluding steroid dienone is 8. The molecule has 0 fully saturated rings. The van der Waals surface area contributed by atoms with Gasteiger partial charge in [-0.1, -0.05) is 42.0 Å². The zero-order valence-corrected chi connectivity index (χ0v) is 9.25. The van der Waals surface area contributed by atoms with E-state index in [1.54, 1.807) is 6.92 Å². The van der Waals surface area contributed by atoms with Crippen molar-refractivity contribution in [3.63, 3.8) is 0 Å². The van der Waals surface area contributed by atoms with Crippen LogP contribution >= 0.6 is 0 Å². The Morgan fingerprint density at radius 1 is 1.50 bits per heavy atom. The SMILES string of the molecule is C#CC.C/C=C\C=C1\C=CC=C(C)C1. The van der Waals surface area contributed by atoms with Gasteiger partial charge in [-0.05, 0) is 32.8 Å². The van der Waals surface area contributed by atoms with E-state index in [4.69, 9.17) is 0 Å². The average molecular weight is 186 g/mol. The van der Waals surface area contributed by atoms with Crippen molar-refractivity contribution in [1.82, 2.24) is 0 Å². The first-order valence-corrected chi connectivity index (χ1v) is 4.77. The third-order valence-electron chi connectivity index (χ3n) is 1.68. The Labute approximate surface area is 87.7 Å². The van der Waals surface area contributed by atoms with Crippen LogP contribution in [-0.4, -0.2) is 0 Å². The molecule has 0 aromatic rings. The topological polar surface area (TPSA) is 0 Å². The lowest BCUT2D eigenvalue weighted by Gasteiger charge is -2.05. The largest absolute Gasteiger partial charge is 0.120 e. The van der Waals surface area contributed by atoms with Gasteiger partial charge in [-0.15, -0.1) is 12.3 Å². The zero-order valence-electron chi connectivity index (χ0n) is 9.25. The summed E-state index contributed by atoms with van der Waals surface area (Å²) in [5.41, 5.74) is 2.83. The summed E-state index contributed by atoms with van der Waals surface area (Å²) in [5, 5.41) is 0. The molecule has 0 aromatic carbocycles. The molecule has 0 N–H and O–H groups in total. The van der Waals surface area contributed by atoms with Crippen LogP contribution in [0.15, 0.2) is 47.6 Å². The fraction of sp³-hybridized carbons (Fsp3) is 0.286. The van der Waals surface area contributed by atoms with Gasteiger partial charge in [-0.2, -0.15) is 0 Å². The first-order chi connectivity index (χ1) is 6.74. The summed E-state index contributed by atoms with van der Waals surface area (Å²) in [6, 6.07) is 0. The Morgan fingerprint density at radius 3 is 2.64 bits per heavy atom. The molecule has 0 atom stereocenters. The molecule has 1 aliphatic rings. The van der Waals surface area contributed by atoms with Crippen LogP contribution in [-0.2, 0) is 0 Å². The maximum atomic E-state index is 4.60. The highest BCUT2D eigenvalue weighted by atomic mass is 14.0. The van der Waals surface area contributed by atoms with Gasteiger partial charge >= 0.3 is 0 Å². The van der Waals surface area contributed by atoms with Crippen molar-refractivity contribution in [2.75, 3.05) is 0 Å². The van der Waals surface area contributed by atoms with Crippen LogP contribution < -0.4 is 0 Å². The molecule has 0 nitrogen and oxygen atoms in total. The lowest BCUT2D eigenvalue weighted by atomic mass is 10.0. The van der Waals surface area contributed by atoms with E-state index < -0.39 is 0 Å². The van der Waals surface area contributed by atoms with Crippen molar-refractivity contribution < 1.29 is 0 Å². The lowest BCUT2D eigenvalue weighted by molar-refractivity contribution is 1.13. The van der Waals surface area contributed by atoms with Gasteiger partial charge < -0.3 is 0 Å². The predicted molar refractivity (Wildman–Crippen MR) is 64.9 cm³/mol. The van der Waals surface area contributed by atoms with E-state index in [9.17, 15) is 0 Å². The molecule has 0 radical (unpaired) electrons. The van der Waals surface area contributed by atoms with Crippen molar-refractivity contribution in [3.8, 4) is 12.3 Å². The van der Waals surface area contributed by atoms with Crippen molar-refractivity contribution in [2.24, 2.45) is 0 Å². The molecule has 1 rings (SSSR count). The second-order valence-corrected chi connectivity index (χ2v) is 3.10. The Kier molecular flexibility index (Phi) is 7.27. The molecule has 0 saturated heterocycles. The Hall–Kier alpha value is -1.48. The van der Waals surface area contributed by atoms with Crippen molar-refractivity contribution in [2.45, 2.75) is 27.2 Å². The summed E-state index contributed by atoms with van der Waals surface area (Å²) in [6.45, 7) is 5.85. The third kappa shape index (κ3) is 6.08. The van der Waals surface area contributed by atoms with Gasteiger partial charge in [0, 0.05) is 0 Å². The van der Waals surface area contributed by atoms with Gasteiger partial charge in [0.25, 0.3) is 0 Å². The van der Waals surface area contributed by atoms with Gasteiger partial charge in [-0.25, -0.2) is 0 Å². The van der Waals surface area contributed by atoms with Crippen LogP contribution in [0.5, 0.6) is 0 Å². The monoisotopic (exact) mass is 186 g/mol. The van der Waals surface area contributed by atoms with Crippen LogP contribution in [0, 0.1) is 12.3 Å². The molecule has 14 heavy (non-hydrogen) atoms. The molecular weight excluding hydrogens is 168 g/mol. The number of hydrogen-bond donors (Lipinski definition) is 0. The molecule has 74 valence electrons. The standard InChI is InChI=1S/C11H14.C3H4/c1-3-4-7-11-8-5-6-10(2)9-11;1-3-2/h3-8H,9H2,1-2H3;1H,2H3/b4-3-,11-7-;. The fourth-order valence-corrected chi connectivity index (χ4v) is 1.11. The van der Waals surface area contributed by atoms with E-state index in [0.717, 1.165) is 6.42 Å². The maximum Gasteiger partial charge on any atom is -0.00297 e. The number of rotatable bonds is 1. The molecule has 0 heteroatoms. The summed E-state index contributed by atoms with van der Waals surface area (Å²) in [7, 11) is 0. The van der Waals surface area contributed by atoms with Gasteiger partial charge in [-0.3, -0.25) is 0 Å².